The predicted octanol–water partition coefficient (Wildman–Crippen LogP) is 4.46. The van der Waals surface area contributed by atoms with Crippen molar-refractivity contribution in [3.05, 3.63) is 83.0 Å². The molecule has 2 N–H and O–H groups in total. The molecule has 0 spiro atoms. The maximum atomic E-state index is 12.4. The topological polar surface area (TPSA) is 71.1 Å². The molecule has 5 nitrogen and oxygen atoms in total. The van der Waals surface area contributed by atoms with Crippen molar-refractivity contribution < 1.29 is 8.42 Å². The molecular weight excluding hydrogens is 370 g/mol. The van der Waals surface area contributed by atoms with Crippen LogP contribution in [0.5, 0.6) is 0 Å². The van der Waals surface area contributed by atoms with Crippen molar-refractivity contribution in [2.24, 2.45) is 0 Å². The lowest BCUT2D eigenvalue weighted by atomic mass is 10.2. The highest BCUT2D eigenvalue weighted by Gasteiger charge is 2.14. The quantitative estimate of drug-likeness (QED) is 0.655. The van der Waals surface area contributed by atoms with Crippen LogP contribution < -0.4 is 10.0 Å². The molecule has 2 aromatic carbocycles. The first-order valence-corrected chi connectivity index (χ1v) is 9.83. The van der Waals surface area contributed by atoms with Crippen LogP contribution in [0.25, 0.3) is 0 Å². The zero-order valence-corrected chi connectivity index (χ0v) is 15.7. The van der Waals surface area contributed by atoms with Crippen LogP contribution in [-0.4, -0.2) is 13.4 Å². The van der Waals surface area contributed by atoms with E-state index in [9.17, 15) is 8.42 Å². The highest BCUT2D eigenvalue weighted by Crippen LogP contribution is 2.19. The fraction of sp³-hybridized carbons (Fsp3) is 0.105. The summed E-state index contributed by atoms with van der Waals surface area (Å²) in [4.78, 5) is 4.36. The predicted molar refractivity (Wildman–Crippen MR) is 105 cm³/mol. The molecule has 0 aliphatic rings. The fourth-order valence-corrected chi connectivity index (χ4v) is 3.52. The Kier molecular flexibility index (Phi) is 5.44. The minimum Gasteiger partial charge on any atom is -0.380 e. The minimum atomic E-state index is -3.65. The number of aryl methyl sites for hydroxylation is 1. The van der Waals surface area contributed by atoms with Gasteiger partial charge in [-0.1, -0.05) is 47.5 Å². The van der Waals surface area contributed by atoms with Gasteiger partial charge in [0.15, 0.2) is 0 Å². The van der Waals surface area contributed by atoms with Gasteiger partial charge in [-0.3, -0.25) is 4.72 Å². The standard InChI is InChI=1S/C19H18ClN3O2S/c1-14-6-9-17(10-7-14)26(24,25)23-19-11-8-16(13-22-19)21-12-15-4-2-3-5-18(15)20/h2-11,13,21H,12H2,1H3,(H,22,23). The molecule has 0 bridgehead atoms. The molecule has 0 fully saturated rings. The Morgan fingerprint density at radius 2 is 1.73 bits per heavy atom. The maximum Gasteiger partial charge on any atom is 0.263 e. The largest absolute Gasteiger partial charge is 0.380 e. The molecule has 7 heteroatoms. The maximum absolute atomic E-state index is 12.4. The van der Waals surface area contributed by atoms with Crippen molar-refractivity contribution in [2.75, 3.05) is 10.0 Å². The zero-order chi connectivity index (χ0) is 18.6. The van der Waals surface area contributed by atoms with Gasteiger partial charge in [-0.15, -0.1) is 0 Å². The Hall–Kier alpha value is -2.57. The van der Waals surface area contributed by atoms with Gasteiger partial charge in [0.25, 0.3) is 10.0 Å². The minimum absolute atomic E-state index is 0.200. The van der Waals surface area contributed by atoms with Gasteiger partial charge in [0.1, 0.15) is 5.82 Å². The summed E-state index contributed by atoms with van der Waals surface area (Å²) >= 11 is 6.12. The smallest absolute Gasteiger partial charge is 0.263 e. The summed E-state index contributed by atoms with van der Waals surface area (Å²) < 4.78 is 27.2. The van der Waals surface area contributed by atoms with E-state index in [1.165, 1.54) is 0 Å². The molecule has 3 rings (SSSR count). The second-order valence-electron chi connectivity index (χ2n) is 5.80. The molecule has 0 unspecified atom stereocenters. The van der Waals surface area contributed by atoms with Gasteiger partial charge >= 0.3 is 0 Å². The van der Waals surface area contributed by atoms with Crippen molar-refractivity contribution in [3.63, 3.8) is 0 Å². The first kappa shape index (κ1) is 18.2. The second-order valence-corrected chi connectivity index (χ2v) is 7.89. The van der Waals surface area contributed by atoms with E-state index in [1.807, 2.05) is 31.2 Å². The normalized spacial score (nSPS) is 11.2. The first-order chi connectivity index (χ1) is 12.4. The Morgan fingerprint density at radius 3 is 2.38 bits per heavy atom. The third-order valence-electron chi connectivity index (χ3n) is 3.77. The molecule has 3 aromatic rings. The van der Waals surface area contributed by atoms with Crippen molar-refractivity contribution in [1.29, 1.82) is 0 Å². The summed E-state index contributed by atoms with van der Waals surface area (Å²) in [5, 5.41) is 3.90. The van der Waals surface area contributed by atoms with Crippen LogP contribution in [0.2, 0.25) is 5.02 Å². The zero-order valence-electron chi connectivity index (χ0n) is 14.1. The van der Waals surface area contributed by atoms with E-state index >= 15 is 0 Å². The van der Waals surface area contributed by atoms with Crippen LogP contribution in [0, 0.1) is 6.92 Å². The number of halogens is 1. The number of nitrogens with one attached hydrogen (secondary N) is 2. The van der Waals surface area contributed by atoms with Gasteiger partial charge in [0.05, 0.1) is 16.8 Å². The lowest BCUT2D eigenvalue weighted by Crippen LogP contribution is -2.14. The molecular formula is C19H18ClN3O2S. The number of sulfonamides is 1. The molecule has 0 atom stereocenters. The summed E-state index contributed by atoms with van der Waals surface area (Å²) in [7, 11) is -3.65. The van der Waals surface area contributed by atoms with Crippen molar-refractivity contribution >= 4 is 33.1 Å². The van der Waals surface area contributed by atoms with Crippen LogP contribution in [-0.2, 0) is 16.6 Å². The Morgan fingerprint density at radius 1 is 1.00 bits per heavy atom. The van der Waals surface area contributed by atoms with Gasteiger partial charge in [0, 0.05) is 11.6 Å². The van der Waals surface area contributed by atoms with Gasteiger partial charge in [-0.05, 0) is 42.8 Å². The molecule has 0 aliphatic heterocycles. The monoisotopic (exact) mass is 387 g/mol. The first-order valence-electron chi connectivity index (χ1n) is 7.97. The number of anilines is 2. The number of pyridine rings is 1. The van der Waals surface area contributed by atoms with E-state index in [1.54, 1.807) is 42.6 Å². The van der Waals surface area contributed by atoms with Crippen LogP contribution in [0.15, 0.2) is 71.8 Å². The van der Waals surface area contributed by atoms with E-state index < -0.39 is 10.0 Å². The van der Waals surface area contributed by atoms with E-state index in [0.29, 0.717) is 11.6 Å². The fourth-order valence-electron chi connectivity index (χ4n) is 2.31. The van der Waals surface area contributed by atoms with Gasteiger partial charge in [-0.25, -0.2) is 13.4 Å². The summed E-state index contributed by atoms with van der Waals surface area (Å²) in [6.07, 6.45) is 1.57. The van der Waals surface area contributed by atoms with E-state index in [2.05, 4.69) is 15.0 Å². The third kappa shape index (κ3) is 4.53. The average Bonchev–Trinajstić information content (AvgIpc) is 2.62. The van der Waals surface area contributed by atoms with Crippen molar-refractivity contribution in [2.45, 2.75) is 18.4 Å². The summed E-state index contributed by atoms with van der Waals surface area (Å²) in [5.74, 6) is 0.258. The Balaban J connectivity index is 1.66. The lowest BCUT2D eigenvalue weighted by molar-refractivity contribution is 0.601. The van der Waals surface area contributed by atoms with E-state index in [4.69, 9.17) is 11.6 Å². The Labute approximate surface area is 158 Å². The molecule has 0 radical (unpaired) electrons. The highest BCUT2D eigenvalue weighted by atomic mass is 35.5. The number of hydrogen-bond acceptors (Lipinski definition) is 4. The summed E-state index contributed by atoms with van der Waals surface area (Å²) in [6.45, 7) is 2.45. The lowest BCUT2D eigenvalue weighted by Gasteiger charge is -2.10. The highest BCUT2D eigenvalue weighted by molar-refractivity contribution is 7.92. The average molecular weight is 388 g/mol. The number of nitrogens with zero attached hydrogens (tertiary/aromatic N) is 1. The van der Waals surface area contributed by atoms with Gasteiger partial charge < -0.3 is 5.32 Å². The molecule has 1 aromatic heterocycles. The molecule has 0 saturated heterocycles. The van der Waals surface area contributed by atoms with Gasteiger partial charge in [-0.2, -0.15) is 0 Å². The second kappa shape index (κ2) is 7.76. The molecule has 0 aliphatic carbocycles. The van der Waals surface area contributed by atoms with Crippen LogP contribution in [0.4, 0.5) is 11.5 Å². The number of aromatic nitrogens is 1. The molecule has 134 valence electrons. The number of hydrogen-bond donors (Lipinski definition) is 2. The van der Waals surface area contributed by atoms with Crippen LogP contribution >= 0.6 is 11.6 Å². The van der Waals surface area contributed by atoms with Gasteiger partial charge in [0.2, 0.25) is 0 Å². The van der Waals surface area contributed by atoms with Crippen molar-refractivity contribution in [1.82, 2.24) is 4.98 Å². The van der Waals surface area contributed by atoms with Crippen LogP contribution in [0.3, 0.4) is 0 Å². The van der Waals surface area contributed by atoms with Crippen molar-refractivity contribution in [3.8, 4) is 0 Å². The van der Waals surface area contributed by atoms with E-state index in [0.717, 1.165) is 16.8 Å². The number of rotatable bonds is 6. The summed E-state index contributed by atoms with van der Waals surface area (Å²) in [6, 6.07) is 17.6. The molecule has 0 amide bonds. The van der Waals surface area contributed by atoms with E-state index in [-0.39, 0.29) is 10.7 Å². The molecule has 1 heterocycles. The molecule has 26 heavy (non-hydrogen) atoms. The third-order valence-corrected chi connectivity index (χ3v) is 5.51. The SMILES string of the molecule is Cc1ccc(S(=O)(=O)Nc2ccc(NCc3ccccc3Cl)cn2)cc1. The molecule has 0 saturated carbocycles. The summed E-state index contributed by atoms with van der Waals surface area (Å²) in [5.41, 5.74) is 2.73. The Bertz CT molecular complexity index is 988. The van der Waals surface area contributed by atoms with Crippen LogP contribution in [0.1, 0.15) is 11.1 Å². The number of benzene rings is 2.